The van der Waals surface area contributed by atoms with Crippen LogP contribution in [0.5, 0.6) is 5.75 Å². The number of ether oxygens (including phenoxy) is 1. The molecule has 0 spiro atoms. The van der Waals surface area contributed by atoms with Crippen molar-refractivity contribution in [1.82, 2.24) is 14.6 Å². The molecule has 2 amide bonds. The predicted octanol–water partition coefficient (Wildman–Crippen LogP) is 3.94. The van der Waals surface area contributed by atoms with Crippen LogP contribution in [-0.4, -0.2) is 33.0 Å². The standard InChI is InChI=1S/C23H21N5O3/c1-3-31-19-11-9-18(10-12-19)25-22(29)16-5-7-17(8-6-16)26-23(30)20-15(2)27-28-14-4-13-24-21(20)28/h4-14H,3H2,1-2H3,(H,25,29)(H,26,30). The maximum absolute atomic E-state index is 12.8. The fourth-order valence-electron chi connectivity index (χ4n) is 3.17. The Morgan fingerprint density at radius 1 is 0.968 bits per heavy atom. The molecule has 0 atom stereocenters. The number of amides is 2. The first-order valence-corrected chi connectivity index (χ1v) is 9.80. The fourth-order valence-corrected chi connectivity index (χ4v) is 3.17. The second-order valence-corrected chi connectivity index (χ2v) is 6.79. The van der Waals surface area contributed by atoms with Crippen LogP contribution in [0, 0.1) is 6.92 Å². The third-order valence-electron chi connectivity index (χ3n) is 4.63. The van der Waals surface area contributed by atoms with E-state index in [4.69, 9.17) is 4.74 Å². The topological polar surface area (TPSA) is 97.6 Å². The first-order valence-electron chi connectivity index (χ1n) is 9.80. The van der Waals surface area contributed by atoms with E-state index >= 15 is 0 Å². The lowest BCUT2D eigenvalue weighted by Gasteiger charge is -2.08. The number of carbonyl (C=O) groups excluding carboxylic acids is 2. The molecule has 0 aliphatic carbocycles. The first kappa shape index (κ1) is 20.1. The molecule has 0 fully saturated rings. The molecule has 0 saturated heterocycles. The second-order valence-electron chi connectivity index (χ2n) is 6.79. The summed E-state index contributed by atoms with van der Waals surface area (Å²) in [6.45, 7) is 4.26. The monoisotopic (exact) mass is 415 g/mol. The number of aromatic nitrogens is 3. The Labute approximate surface area is 178 Å². The van der Waals surface area contributed by atoms with Gasteiger partial charge in [0.25, 0.3) is 11.8 Å². The van der Waals surface area contributed by atoms with Crippen molar-refractivity contribution in [3.8, 4) is 5.75 Å². The third-order valence-corrected chi connectivity index (χ3v) is 4.63. The summed E-state index contributed by atoms with van der Waals surface area (Å²) < 4.78 is 6.96. The quantitative estimate of drug-likeness (QED) is 0.497. The Hall–Kier alpha value is -4.20. The SMILES string of the molecule is CCOc1ccc(NC(=O)c2ccc(NC(=O)c3c(C)nn4cccnc34)cc2)cc1. The van der Waals surface area contributed by atoms with E-state index in [2.05, 4.69) is 20.7 Å². The molecule has 0 radical (unpaired) electrons. The van der Waals surface area contributed by atoms with Crippen molar-refractivity contribution in [2.75, 3.05) is 17.2 Å². The van der Waals surface area contributed by atoms with Crippen molar-refractivity contribution in [3.63, 3.8) is 0 Å². The van der Waals surface area contributed by atoms with E-state index in [1.54, 1.807) is 78.4 Å². The Bertz CT molecular complexity index is 1230. The average Bonchev–Trinajstić information content (AvgIpc) is 3.11. The highest BCUT2D eigenvalue weighted by Gasteiger charge is 2.18. The molecule has 4 rings (SSSR count). The molecule has 2 heterocycles. The first-order chi connectivity index (χ1) is 15.0. The fraction of sp³-hybridized carbons (Fsp3) is 0.130. The largest absolute Gasteiger partial charge is 0.494 e. The molecule has 31 heavy (non-hydrogen) atoms. The highest BCUT2D eigenvalue weighted by molar-refractivity contribution is 6.09. The van der Waals surface area contributed by atoms with Gasteiger partial charge < -0.3 is 15.4 Å². The predicted molar refractivity (Wildman–Crippen MR) is 118 cm³/mol. The molecule has 2 N–H and O–H groups in total. The van der Waals surface area contributed by atoms with Gasteiger partial charge in [0.05, 0.1) is 12.3 Å². The van der Waals surface area contributed by atoms with E-state index in [0.29, 0.717) is 40.4 Å². The number of nitrogens with zero attached hydrogens (tertiary/aromatic N) is 3. The lowest BCUT2D eigenvalue weighted by atomic mass is 10.1. The van der Waals surface area contributed by atoms with Crippen molar-refractivity contribution in [2.24, 2.45) is 0 Å². The number of aryl methyl sites for hydroxylation is 1. The Morgan fingerprint density at radius 3 is 2.29 bits per heavy atom. The van der Waals surface area contributed by atoms with Crippen LogP contribution < -0.4 is 15.4 Å². The van der Waals surface area contributed by atoms with Gasteiger partial charge >= 0.3 is 0 Å². The van der Waals surface area contributed by atoms with Gasteiger partial charge in [-0.2, -0.15) is 5.10 Å². The van der Waals surface area contributed by atoms with Crippen molar-refractivity contribution in [1.29, 1.82) is 0 Å². The molecular formula is C23H21N5O3. The van der Waals surface area contributed by atoms with Gasteiger partial charge in [-0.25, -0.2) is 9.50 Å². The summed E-state index contributed by atoms with van der Waals surface area (Å²) in [5.74, 6) is 0.194. The zero-order valence-electron chi connectivity index (χ0n) is 17.1. The van der Waals surface area contributed by atoms with Crippen LogP contribution in [0.3, 0.4) is 0 Å². The van der Waals surface area contributed by atoms with E-state index in [-0.39, 0.29) is 11.8 Å². The molecule has 0 bridgehead atoms. The zero-order chi connectivity index (χ0) is 21.8. The molecular weight excluding hydrogens is 394 g/mol. The highest BCUT2D eigenvalue weighted by Crippen LogP contribution is 2.19. The van der Waals surface area contributed by atoms with Gasteiger partial charge in [-0.15, -0.1) is 0 Å². The van der Waals surface area contributed by atoms with Crippen LogP contribution in [0.1, 0.15) is 33.3 Å². The smallest absolute Gasteiger partial charge is 0.261 e. The van der Waals surface area contributed by atoms with E-state index in [0.717, 1.165) is 5.75 Å². The molecule has 8 heteroatoms. The van der Waals surface area contributed by atoms with Crippen molar-refractivity contribution in [3.05, 3.63) is 83.8 Å². The van der Waals surface area contributed by atoms with E-state index in [9.17, 15) is 9.59 Å². The minimum absolute atomic E-state index is 0.246. The van der Waals surface area contributed by atoms with Gasteiger partial charge in [-0.3, -0.25) is 9.59 Å². The van der Waals surface area contributed by atoms with Crippen LogP contribution in [0.15, 0.2) is 67.0 Å². The molecule has 4 aromatic rings. The normalized spacial score (nSPS) is 10.6. The maximum atomic E-state index is 12.8. The van der Waals surface area contributed by atoms with Crippen LogP contribution in [0.2, 0.25) is 0 Å². The molecule has 0 aliphatic rings. The van der Waals surface area contributed by atoms with E-state index in [1.807, 2.05) is 6.92 Å². The Kier molecular flexibility index (Phi) is 5.61. The molecule has 8 nitrogen and oxygen atoms in total. The van der Waals surface area contributed by atoms with Gasteiger partial charge in [0.1, 0.15) is 11.3 Å². The number of benzene rings is 2. The molecule has 2 aromatic carbocycles. The minimum atomic E-state index is -0.308. The number of fused-ring (bicyclic) bond motifs is 1. The van der Waals surface area contributed by atoms with Crippen molar-refractivity contribution in [2.45, 2.75) is 13.8 Å². The second kappa shape index (κ2) is 8.66. The zero-order valence-corrected chi connectivity index (χ0v) is 17.1. The van der Waals surface area contributed by atoms with Gasteiger partial charge in [0.2, 0.25) is 0 Å². The van der Waals surface area contributed by atoms with Gasteiger partial charge in [0.15, 0.2) is 5.65 Å². The number of carbonyl (C=O) groups is 2. The molecule has 0 unspecified atom stereocenters. The summed E-state index contributed by atoms with van der Waals surface area (Å²) in [6.07, 6.45) is 3.36. The minimum Gasteiger partial charge on any atom is -0.494 e. The summed E-state index contributed by atoms with van der Waals surface area (Å²) in [5.41, 5.74) is 3.20. The molecule has 2 aromatic heterocycles. The van der Waals surface area contributed by atoms with Crippen LogP contribution >= 0.6 is 0 Å². The Morgan fingerprint density at radius 2 is 1.61 bits per heavy atom. The lowest BCUT2D eigenvalue weighted by Crippen LogP contribution is -2.14. The Balaban J connectivity index is 1.43. The summed E-state index contributed by atoms with van der Waals surface area (Å²) in [6, 6.07) is 15.6. The number of nitrogens with one attached hydrogen (secondary N) is 2. The molecule has 0 saturated carbocycles. The van der Waals surface area contributed by atoms with E-state index in [1.165, 1.54) is 0 Å². The molecule has 0 aliphatic heterocycles. The summed E-state index contributed by atoms with van der Waals surface area (Å²) in [4.78, 5) is 29.5. The molecule has 156 valence electrons. The summed E-state index contributed by atoms with van der Waals surface area (Å²) >= 11 is 0. The summed E-state index contributed by atoms with van der Waals surface area (Å²) in [5, 5.41) is 9.97. The number of anilines is 2. The summed E-state index contributed by atoms with van der Waals surface area (Å²) in [7, 11) is 0. The van der Waals surface area contributed by atoms with Gasteiger partial charge in [0, 0.05) is 29.3 Å². The van der Waals surface area contributed by atoms with E-state index < -0.39 is 0 Å². The van der Waals surface area contributed by atoms with Gasteiger partial charge in [-0.05, 0) is 68.4 Å². The lowest BCUT2D eigenvalue weighted by molar-refractivity contribution is 0.102. The third kappa shape index (κ3) is 4.37. The van der Waals surface area contributed by atoms with Crippen LogP contribution in [0.25, 0.3) is 5.65 Å². The average molecular weight is 415 g/mol. The maximum Gasteiger partial charge on any atom is 0.261 e. The number of hydrogen-bond acceptors (Lipinski definition) is 5. The number of rotatable bonds is 6. The van der Waals surface area contributed by atoms with Gasteiger partial charge in [-0.1, -0.05) is 0 Å². The van der Waals surface area contributed by atoms with Crippen molar-refractivity contribution < 1.29 is 14.3 Å². The van der Waals surface area contributed by atoms with Crippen LogP contribution in [0.4, 0.5) is 11.4 Å². The van der Waals surface area contributed by atoms with Crippen molar-refractivity contribution >= 4 is 28.8 Å². The highest BCUT2D eigenvalue weighted by atomic mass is 16.5. The van der Waals surface area contributed by atoms with Crippen LogP contribution in [-0.2, 0) is 0 Å². The number of hydrogen-bond donors (Lipinski definition) is 2.